The van der Waals surface area contributed by atoms with Gasteiger partial charge >= 0.3 is 0 Å². The summed E-state index contributed by atoms with van der Waals surface area (Å²) < 4.78 is 5.43. The molecule has 1 aromatic heterocycles. The number of nitrogens with one attached hydrogen (secondary N) is 1. The number of hydrogen-bond donors (Lipinski definition) is 1. The standard InChI is InChI=1S/C19H28N6O3/c1-14-12-16(23-8-10-28-11-9-23)22-19(21-14)25-6-4-24(5-7-25)18(27)15-2-3-17(26)20-13-15/h12,15H,2-11,13H2,1H3,(H,20,26). The Bertz CT molecular complexity index is 718. The van der Waals surface area contributed by atoms with Gasteiger partial charge in [-0.15, -0.1) is 0 Å². The van der Waals surface area contributed by atoms with E-state index in [1.165, 1.54) is 0 Å². The van der Waals surface area contributed by atoms with Crippen LogP contribution >= 0.6 is 0 Å². The molecule has 9 heteroatoms. The molecule has 1 atom stereocenters. The Morgan fingerprint density at radius 1 is 1.11 bits per heavy atom. The number of carbonyl (C=O) groups is 2. The van der Waals surface area contributed by atoms with Crippen LogP contribution < -0.4 is 15.1 Å². The Labute approximate surface area is 165 Å². The second-order valence-electron chi connectivity index (χ2n) is 7.62. The summed E-state index contributed by atoms with van der Waals surface area (Å²) in [6.07, 6.45) is 1.09. The highest BCUT2D eigenvalue weighted by Gasteiger charge is 2.31. The van der Waals surface area contributed by atoms with Gasteiger partial charge in [-0.05, 0) is 13.3 Å². The summed E-state index contributed by atoms with van der Waals surface area (Å²) in [5, 5.41) is 2.80. The molecule has 152 valence electrons. The first-order valence-electron chi connectivity index (χ1n) is 10.1. The predicted molar refractivity (Wildman–Crippen MR) is 104 cm³/mol. The Kier molecular flexibility index (Phi) is 5.61. The van der Waals surface area contributed by atoms with Crippen molar-refractivity contribution in [2.24, 2.45) is 5.92 Å². The summed E-state index contributed by atoms with van der Waals surface area (Å²) in [6.45, 7) is 8.34. The number of hydrogen-bond acceptors (Lipinski definition) is 7. The van der Waals surface area contributed by atoms with E-state index in [4.69, 9.17) is 9.72 Å². The molecule has 1 unspecified atom stereocenters. The lowest BCUT2D eigenvalue weighted by Gasteiger charge is -2.37. The van der Waals surface area contributed by atoms with Crippen LogP contribution in [0, 0.1) is 12.8 Å². The van der Waals surface area contributed by atoms with E-state index in [-0.39, 0.29) is 17.7 Å². The number of carbonyl (C=O) groups excluding carboxylic acids is 2. The maximum atomic E-state index is 12.7. The lowest BCUT2D eigenvalue weighted by Crippen LogP contribution is -2.53. The molecule has 4 heterocycles. The lowest BCUT2D eigenvalue weighted by atomic mass is 9.97. The number of nitrogens with zero attached hydrogens (tertiary/aromatic N) is 5. The third-order valence-electron chi connectivity index (χ3n) is 5.65. The van der Waals surface area contributed by atoms with Crippen LogP contribution in [0.4, 0.5) is 11.8 Å². The number of aromatic nitrogens is 2. The van der Waals surface area contributed by atoms with Crippen molar-refractivity contribution >= 4 is 23.6 Å². The fraction of sp³-hybridized carbons (Fsp3) is 0.684. The fourth-order valence-corrected chi connectivity index (χ4v) is 3.96. The molecule has 4 rings (SSSR count). The number of rotatable bonds is 3. The van der Waals surface area contributed by atoms with Crippen LogP contribution in [0.25, 0.3) is 0 Å². The summed E-state index contributed by atoms with van der Waals surface area (Å²) >= 11 is 0. The average Bonchev–Trinajstić information content (AvgIpc) is 2.74. The molecule has 0 bridgehead atoms. The lowest BCUT2D eigenvalue weighted by molar-refractivity contribution is -0.137. The van der Waals surface area contributed by atoms with E-state index in [2.05, 4.69) is 20.1 Å². The average molecular weight is 388 g/mol. The summed E-state index contributed by atoms with van der Waals surface area (Å²) in [5.74, 6) is 1.79. The maximum absolute atomic E-state index is 12.7. The predicted octanol–water partition coefficient (Wildman–Crippen LogP) is -0.204. The fourth-order valence-electron chi connectivity index (χ4n) is 3.96. The maximum Gasteiger partial charge on any atom is 0.227 e. The molecular weight excluding hydrogens is 360 g/mol. The summed E-state index contributed by atoms with van der Waals surface area (Å²) in [7, 11) is 0. The molecule has 0 aliphatic carbocycles. The van der Waals surface area contributed by atoms with Crippen molar-refractivity contribution in [3.05, 3.63) is 11.8 Å². The quantitative estimate of drug-likeness (QED) is 0.767. The second-order valence-corrected chi connectivity index (χ2v) is 7.62. The van der Waals surface area contributed by atoms with Gasteiger partial charge in [0, 0.05) is 64.0 Å². The van der Waals surface area contributed by atoms with Crippen molar-refractivity contribution in [1.29, 1.82) is 0 Å². The molecular formula is C19H28N6O3. The Morgan fingerprint density at radius 3 is 2.54 bits per heavy atom. The van der Waals surface area contributed by atoms with Gasteiger partial charge in [0.15, 0.2) is 0 Å². The molecule has 2 amide bonds. The number of aryl methyl sites for hydroxylation is 1. The normalized spacial score (nSPS) is 23.5. The minimum Gasteiger partial charge on any atom is -0.378 e. The zero-order valence-corrected chi connectivity index (χ0v) is 16.4. The summed E-state index contributed by atoms with van der Waals surface area (Å²) in [4.78, 5) is 39.7. The van der Waals surface area contributed by atoms with Crippen LogP contribution in [0.5, 0.6) is 0 Å². The van der Waals surface area contributed by atoms with Crippen molar-refractivity contribution < 1.29 is 14.3 Å². The molecule has 3 fully saturated rings. The zero-order chi connectivity index (χ0) is 19.5. The molecule has 0 radical (unpaired) electrons. The van der Waals surface area contributed by atoms with Crippen LogP contribution in [0.2, 0.25) is 0 Å². The number of amides is 2. The summed E-state index contributed by atoms with van der Waals surface area (Å²) in [6, 6.07) is 2.02. The van der Waals surface area contributed by atoms with Crippen LogP contribution in [-0.4, -0.2) is 85.7 Å². The number of anilines is 2. The third kappa shape index (κ3) is 4.19. The second kappa shape index (κ2) is 8.30. The first kappa shape index (κ1) is 18.9. The molecule has 1 aromatic rings. The molecule has 0 saturated carbocycles. The van der Waals surface area contributed by atoms with E-state index in [1.54, 1.807) is 0 Å². The van der Waals surface area contributed by atoms with Gasteiger partial charge in [-0.1, -0.05) is 0 Å². The molecule has 3 saturated heterocycles. The zero-order valence-electron chi connectivity index (χ0n) is 16.4. The van der Waals surface area contributed by atoms with E-state index >= 15 is 0 Å². The van der Waals surface area contributed by atoms with Gasteiger partial charge in [-0.25, -0.2) is 4.98 Å². The van der Waals surface area contributed by atoms with Crippen LogP contribution in [0.3, 0.4) is 0 Å². The van der Waals surface area contributed by atoms with Gasteiger partial charge in [0.2, 0.25) is 17.8 Å². The minimum atomic E-state index is -0.0904. The topological polar surface area (TPSA) is 90.9 Å². The highest BCUT2D eigenvalue weighted by atomic mass is 16.5. The largest absolute Gasteiger partial charge is 0.378 e. The van der Waals surface area contributed by atoms with Gasteiger partial charge in [0.05, 0.1) is 19.1 Å². The van der Waals surface area contributed by atoms with Crippen LogP contribution in [0.1, 0.15) is 18.5 Å². The van der Waals surface area contributed by atoms with E-state index in [9.17, 15) is 9.59 Å². The van der Waals surface area contributed by atoms with Crippen molar-refractivity contribution in [3.8, 4) is 0 Å². The van der Waals surface area contributed by atoms with Gasteiger partial charge in [-0.2, -0.15) is 4.98 Å². The summed E-state index contributed by atoms with van der Waals surface area (Å²) in [5.41, 5.74) is 0.947. The Morgan fingerprint density at radius 2 is 1.86 bits per heavy atom. The molecule has 1 N–H and O–H groups in total. The van der Waals surface area contributed by atoms with Crippen molar-refractivity contribution in [2.75, 3.05) is 68.8 Å². The van der Waals surface area contributed by atoms with E-state index < -0.39 is 0 Å². The Hall–Kier alpha value is -2.42. The molecule has 0 spiro atoms. The number of piperidine rings is 1. The number of piperazine rings is 1. The third-order valence-corrected chi connectivity index (χ3v) is 5.65. The van der Waals surface area contributed by atoms with Crippen molar-refractivity contribution in [3.63, 3.8) is 0 Å². The van der Waals surface area contributed by atoms with Gasteiger partial charge in [0.1, 0.15) is 5.82 Å². The van der Waals surface area contributed by atoms with E-state index in [0.717, 1.165) is 56.9 Å². The monoisotopic (exact) mass is 388 g/mol. The molecule has 3 aliphatic rings. The first-order valence-corrected chi connectivity index (χ1v) is 10.1. The minimum absolute atomic E-state index is 0.0431. The van der Waals surface area contributed by atoms with Gasteiger partial charge in [-0.3, -0.25) is 9.59 Å². The molecule has 28 heavy (non-hydrogen) atoms. The SMILES string of the molecule is Cc1cc(N2CCOCC2)nc(N2CCN(C(=O)C3CCC(=O)NC3)CC2)n1. The van der Waals surface area contributed by atoms with Crippen LogP contribution in [-0.2, 0) is 14.3 Å². The van der Waals surface area contributed by atoms with Gasteiger partial charge in [0.25, 0.3) is 0 Å². The highest BCUT2D eigenvalue weighted by Crippen LogP contribution is 2.21. The van der Waals surface area contributed by atoms with Crippen molar-refractivity contribution in [2.45, 2.75) is 19.8 Å². The van der Waals surface area contributed by atoms with E-state index in [0.29, 0.717) is 32.5 Å². The van der Waals surface area contributed by atoms with Crippen LogP contribution in [0.15, 0.2) is 6.07 Å². The van der Waals surface area contributed by atoms with Gasteiger partial charge < -0.3 is 24.8 Å². The van der Waals surface area contributed by atoms with E-state index in [1.807, 2.05) is 17.9 Å². The molecule has 0 aromatic carbocycles. The molecule has 3 aliphatic heterocycles. The first-order chi connectivity index (χ1) is 13.6. The Balaban J connectivity index is 1.37. The molecule has 9 nitrogen and oxygen atoms in total. The highest BCUT2D eigenvalue weighted by molar-refractivity contribution is 5.84. The number of ether oxygens (including phenoxy) is 1. The smallest absolute Gasteiger partial charge is 0.227 e. The van der Waals surface area contributed by atoms with Crippen molar-refractivity contribution in [1.82, 2.24) is 20.2 Å². The number of morpholine rings is 1.